The Morgan fingerprint density at radius 3 is 2.47 bits per heavy atom. The number of hydrogen-bond acceptors (Lipinski definition) is 4. The number of carbonyl (C=O) groups excluding carboxylic acids is 1. The normalized spacial score (nSPS) is 26.8. The van der Waals surface area contributed by atoms with Gasteiger partial charge in [0.25, 0.3) is 0 Å². The van der Waals surface area contributed by atoms with Gasteiger partial charge in [-0.25, -0.2) is 0 Å². The van der Waals surface area contributed by atoms with Crippen LogP contribution in [-0.2, 0) is 9.53 Å². The quantitative estimate of drug-likeness (QED) is 0.850. The van der Waals surface area contributed by atoms with E-state index in [2.05, 4.69) is 0 Å². The van der Waals surface area contributed by atoms with Crippen molar-refractivity contribution in [1.82, 2.24) is 0 Å². The molecule has 1 aromatic carbocycles. The van der Waals surface area contributed by atoms with Gasteiger partial charge < -0.3 is 14.6 Å². The van der Waals surface area contributed by atoms with E-state index >= 15 is 0 Å². The maximum Gasteiger partial charge on any atom is 0.309 e. The highest BCUT2D eigenvalue weighted by molar-refractivity contribution is 5.73. The maximum absolute atomic E-state index is 11.9. The van der Waals surface area contributed by atoms with E-state index in [-0.39, 0.29) is 23.9 Å². The van der Waals surface area contributed by atoms with Crippen molar-refractivity contribution in [2.45, 2.75) is 31.3 Å². The first kappa shape index (κ1) is 13.9. The molecule has 3 atom stereocenters. The van der Waals surface area contributed by atoms with Gasteiger partial charge in [0, 0.05) is 0 Å². The average Bonchev–Trinajstić information content (AvgIpc) is 2.46. The fourth-order valence-electron chi connectivity index (χ4n) is 2.80. The standard InChI is InChI=1S/C15H20O4/c1-18-12-6-3-10(4-7-12)14-9-11(16)5-8-13(14)15(17)19-2/h3-4,6-7,11,13-14,16H,5,8-9H2,1-2H3/t11-,13+,14-/m0/s1. The van der Waals surface area contributed by atoms with E-state index in [0.29, 0.717) is 19.3 Å². The van der Waals surface area contributed by atoms with Crippen LogP contribution in [0.1, 0.15) is 30.7 Å². The maximum atomic E-state index is 11.9. The zero-order valence-electron chi connectivity index (χ0n) is 11.3. The number of ether oxygens (including phenoxy) is 2. The summed E-state index contributed by atoms with van der Waals surface area (Å²) in [6.07, 6.45) is 1.59. The van der Waals surface area contributed by atoms with Crippen molar-refractivity contribution < 1.29 is 19.4 Å². The smallest absolute Gasteiger partial charge is 0.309 e. The van der Waals surface area contributed by atoms with Gasteiger partial charge in [-0.2, -0.15) is 0 Å². The number of methoxy groups -OCH3 is 2. The second kappa shape index (κ2) is 6.06. The van der Waals surface area contributed by atoms with E-state index in [9.17, 15) is 9.90 Å². The lowest BCUT2D eigenvalue weighted by atomic mass is 9.74. The molecular weight excluding hydrogens is 244 g/mol. The molecule has 4 heteroatoms. The second-order valence-electron chi connectivity index (χ2n) is 4.98. The number of hydrogen-bond donors (Lipinski definition) is 1. The molecule has 4 nitrogen and oxygen atoms in total. The zero-order valence-corrected chi connectivity index (χ0v) is 11.3. The monoisotopic (exact) mass is 264 g/mol. The number of rotatable bonds is 3. The zero-order chi connectivity index (χ0) is 13.8. The molecular formula is C15H20O4. The molecule has 0 aliphatic heterocycles. The van der Waals surface area contributed by atoms with Gasteiger partial charge in [-0.3, -0.25) is 4.79 Å². The highest BCUT2D eigenvalue weighted by atomic mass is 16.5. The number of benzene rings is 1. The molecule has 19 heavy (non-hydrogen) atoms. The molecule has 0 saturated heterocycles. The van der Waals surface area contributed by atoms with E-state index in [1.54, 1.807) is 7.11 Å². The average molecular weight is 264 g/mol. The Kier molecular flexibility index (Phi) is 4.43. The summed E-state index contributed by atoms with van der Waals surface area (Å²) < 4.78 is 10.0. The number of carbonyl (C=O) groups is 1. The van der Waals surface area contributed by atoms with Crippen LogP contribution in [0.15, 0.2) is 24.3 Å². The first-order valence-electron chi connectivity index (χ1n) is 6.55. The summed E-state index contributed by atoms with van der Waals surface area (Å²) in [7, 11) is 3.04. The lowest BCUT2D eigenvalue weighted by Gasteiger charge is -2.32. The Balaban J connectivity index is 2.23. The van der Waals surface area contributed by atoms with Gasteiger partial charge in [0.2, 0.25) is 0 Å². The van der Waals surface area contributed by atoms with Crippen molar-refractivity contribution in [2.75, 3.05) is 14.2 Å². The molecule has 0 bridgehead atoms. The fourth-order valence-corrected chi connectivity index (χ4v) is 2.80. The summed E-state index contributed by atoms with van der Waals surface area (Å²) in [6, 6.07) is 7.67. The summed E-state index contributed by atoms with van der Waals surface area (Å²) in [5.74, 6) is 0.450. The molecule has 0 unspecified atom stereocenters. The summed E-state index contributed by atoms with van der Waals surface area (Å²) in [5.41, 5.74) is 1.05. The molecule has 0 aromatic heterocycles. The van der Waals surface area contributed by atoms with Crippen LogP contribution in [0, 0.1) is 5.92 Å². The van der Waals surface area contributed by atoms with Crippen molar-refractivity contribution in [1.29, 1.82) is 0 Å². The van der Waals surface area contributed by atoms with Crippen LogP contribution in [0.5, 0.6) is 5.75 Å². The Morgan fingerprint density at radius 2 is 1.89 bits per heavy atom. The number of aliphatic hydroxyl groups excluding tert-OH is 1. The predicted octanol–water partition coefficient (Wildman–Crippen LogP) is 2.11. The molecule has 1 aliphatic carbocycles. The van der Waals surface area contributed by atoms with Crippen LogP contribution < -0.4 is 4.74 Å². The summed E-state index contributed by atoms with van der Waals surface area (Å²) in [6.45, 7) is 0. The molecule has 2 rings (SSSR count). The van der Waals surface area contributed by atoms with Gasteiger partial charge in [-0.05, 0) is 42.9 Å². The van der Waals surface area contributed by atoms with Gasteiger partial charge >= 0.3 is 5.97 Å². The Bertz CT molecular complexity index is 426. The van der Waals surface area contributed by atoms with Crippen LogP contribution >= 0.6 is 0 Å². The molecule has 0 radical (unpaired) electrons. The van der Waals surface area contributed by atoms with Gasteiger partial charge in [-0.1, -0.05) is 12.1 Å². The third-order valence-electron chi connectivity index (χ3n) is 3.87. The minimum Gasteiger partial charge on any atom is -0.497 e. The first-order chi connectivity index (χ1) is 9.15. The predicted molar refractivity (Wildman–Crippen MR) is 71.1 cm³/mol. The SMILES string of the molecule is COC(=O)[C@@H]1CC[C@H](O)C[C@H]1c1ccc(OC)cc1. The summed E-state index contributed by atoms with van der Waals surface area (Å²) >= 11 is 0. The van der Waals surface area contributed by atoms with Crippen molar-refractivity contribution in [3.8, 4) is 5.75 Å². The highest BCUT2D eigenvalue weighted by Gasteiger charge is 2.36. The van der Waals surface area contributed by atoms with E-state index in [1.807, 2.05) is 24.3 Å². The van der Waals surface area contributed by atoms with Crippen molar-refractivity contribution in [3.05, 3.63) is 29.8 Å². The van der Waals surface area contributed by atoms with Crippen LogP contribution in [0.3, 0.4) is 0 Å². The molecule has 1 aromatic rings. The summed E-state index contributed by atoms with van der Waals surface area (Å²) in [5, 5.41) is 9.84. The van der Waals surface area contributed by atoms with Gasteiger partial charge in [0.05, 0.1) is 26.2 Å². The molecule has 1 saturated carbocycles. The molecule has 0 heterocycles. The Labute approximate surface area is 113 Å². The molecule has 0 spiro atoms. The van der Waals surface area contributed by atoms with Crippen molar-refractivity contribution in [3.63, 3.8) is 0 Å². The van der Waals surface area contributed by atoms with Gasteiger partial charge in [0.1, 0.15) is 5.75 Å². The Morgan fingerprint density at radius 1 is 1.21 bits per heavy atom. The molecule has 0 amide bonds. The number of esters is 1. The fraction of sp³-hybridized carbons (Fsp3) is 0.533. The highest BCUT2D eigenvalue weighted by Crippen LogP contribution is 2.39. The largest absolute Gasteiger partial charge is 0.497 e. The van der Waals surface area contributed by atoms with E-state index in [1.165, 1.54) is 7.11 Å². The van der Waals surface area contributed by atoms with Gasteiger partial charge in [-0.15, -0.1) is 0 Å². The van der Waals surface area contributed by atoms with Crippen LogP contribution in [0.4, 0.5) is 0 Å². The number of aliphatic hydroxyl groups is 1. The van der Waals surface area contributed by atoms with Crippen LogP contribution in [0.2, 0.25) is 0 Å². The third kappa shape index (κ3) is 3.07. The lowest BCUT2D eigenvalue weighted by molar-refractivity contribution is -0.148. The van der Waals surface area contributed by atoms with E-state index in [4.69, 9.17) is 9.47 Å². The first-order valence-corrected chi connectivity index (χ1v) is 6.55. The van der Waals surface area contributed by atoms with Crippen molar-refractivity contribution >= 4 is 5.97 Å². The van der Waals surface area contributed by atoms with Crippen LogP contribution in [-0.4, -0.2) is 31.4 Å². The third-order valence-corrected chi connectivity index (χ3v) is 3.87. The second-order valence-corrected chi connectivity index (χ2v) is 4.98. The summed E-state index contributed by atoms with van der Waals surface area (Å²) in [4.78, 5) is 11.9. The van der Waals surface area contributed by atoms with E-state index in [0.717, 1.165) is 11.3 Å². The molecule has 1 N–H and O–H groups in total. The Hall–Kier alpha value is -1.55. The van der Waals surface area contributed by atoms with Gasteiger partial charge in [0.15, 0.2) is 0 Å². The minimum atomic E-state index is -0.340. The molecule has 1 aliphatic rings. The molecule has 104 valence electrons. The van der Waals surface area contributed by atoms with Crippen molar-refractivity contribution in [2.24, 2.45) is 5.92 Å². The topological polar surface area (TPSA) is 55.8 Å². The molecule has 1 fully saturated rings. The minimum absolute atomic E-state index is 0.0158. The van der Waals surface area contributed by atoms with E-state index < -0.39 is 0 Å². The lowest BCUT2D eigenvalue weighted by Crippen LogP contribution is -2.32. The van der Waals surface area contributed by atoms with Crippen LogP contribution in [0.25, 0.3) is 0 Å².